The van der Waals surface area contributed by atoms with Crippen LogP contribution in [0.5, 0.6) is 5.75 Å². The number of nitrogens with zero attached hydrogens (tertiary/aromatic N) is 1. The lowest BCUT2D eigenvalue weighted by Crippen LogP contribution is -2.27. The molecular weight excluding hydrogens is 334 g/mol. The monoisotopic (exact) mass is 363 g/mol. The first-order valence-electron chi connectivity index (χ1n) is 8.58. The lowest BCUT2D eigenvalue weighted by molar-refractivity contribution is -0.0621. The maximum atomic E-state index is 12.0. The molecule has 0 heterocycles. The summed E-state index contributed by atoms with van der Waals surface area (Å²) in [5, 5.41) is 0. The van der Waals surface area contributed by atoms with Crippen molar-refractivity contribution in [3.05, 3.63) is 29.3 Å². The van der Waals surface area contributed by atoms with Crippen LogP contribution in [0.1, 0.15) is 63.9 Å². The average molecular weight is 363 g/mol. The van der Waals surface area contributed by atoms with Gasteiger partial charge in [-0.25, -0.2) is 9.59 Å². The number of carbonyl (C=O) groups is 1. The Bertz CT molecular complexity index is 664. The number of hydrogen-bond acceptors (Lipinski definition) is 6. The van der Waals surface area contributed by atoms with Gasteiger partial charge >= 0.3 is 5.97 Å². The van der Waals surface area contributed by atoms with Gasteiger partial charge < -0.3 is 14.2 Å². The van der Waals surface area contributed by atoms with Crippen molar-refractivity contribution in [2.45, 2.75) is 65.2 Å². The zero-order valence-electron chi connectivity index (χ0n) is 16.7. The highest BCUT2D eigenvalue weighted by Crippen LogP contribution is 2.29. The van der Waals surface area contributed by atoms with E-state index < -0.39 is 17.8 Å². The van der Waals surface area contributed by atoms with Crippen molar-refractivity contribution < 1.29 is 23.8 Å². The topological polar surface area (TPSA) is 74.2 Å². The van der Waals surface area contributed by atoms with Crippen LogP contribution < -0.4 is 4.74 Å². The van der Waals surface area contributed by atoms with Gasteiger partial charge in [-0.3, -0.25) is 0 Å². The van der Waals surface area contributed by atoms with Crippen LogP contribution in [0.3, 0.4) is 0 Å². The predicted octanol–water partition coefficient (Wildman–Crippen LogP) is 4.02. The zero-order valence-corrected chi connectivity index (χ0v) is 16.7. The van der Waals surface area contributed by atoms with Crippen LogP contribution in [0.25, 0.3) is 0 Å². The molecule has 0 saturated heterocycles. The van der Waals surface area contributed by atoms with Crippen molar-refractivity contribution in [3.8, 4) is 5.75 Å². The van der Waals surface area contributed by atoms with Crippen molar-refractivity contribution in [1.29, 1.82) is 0 Å². The third kappa shape index (κ3) is 6.98. The van der Waals surface area contributed by atoms with Gasteiger partial charge in [-0.1, -0.05) is 26.8 Å². The van der Waals surface area contributed by atoms with Crippen LogP contribution in [0.15, 0.2) is 23.2 Å². The molecule has 1 aromatic carbocycles. The fourth-order valence-electron chi connectivity index (χ4n) is 2.27. The van der Waals surface area contributed by atoms with Crippen molar-refractivity contribution in [2.75, 3.05) is 13.7 Å². The predicted molar refractivity (Wildman–Crippen MR) is 99.3 cm³/mol. The molecule has 1 atom stereocenters. The van der Waals surface area contributed by atoms with Gasteiger partial charge in [-0.2, -0.15) is 4.99 Å². The Kier molecular flexibility index (Phi) is 7.54. The number of rotatable bonds is 7. The maximum Gasteiger partial charge on any atom is 0.341 e. The van der Waals surface area contributed by atoms with Crippen molar-refractivity contribution in [2.24, 2.45) is 4.99 Å². The fourth-order valence-corrected chi connectivity index (χ4v) is 2.27. The highest BCUT2D eigenvalue weighted by Gasteiger charge is 2.21. The molecule has 0 aliphatic heterocycles. The number of esters is 1. The van der Waals surface area contributed by atoms with Crippen LogP contribution in [-0.4, -0.2) is 37.6 Å². The molecule has 1 unspecified atom stereocenters. The molecule has 0 N–H and O–H groups in total. The second-order valence-electron chi connectivity index (χ2n) is 7.99. The summed E-state index contributed by atoms with van der Waals surface area (Å²) >= 11 is 0. The van der Waals surface area contributed by atoms with E-state index in [0.29, 0.717) is 17.7 Å². The van der Waals surface area contributed by atoms with Gasteiger partial charge in [0.25, 0.3) is 0 Å². The molecule has 0 amide bonds. The molecule has 26 heavy (non-hydrogen) atoms. The second-order valence-corrected chi connectivity index (χ2v) is 7.99. The van der Waals surface area contributed by atoms with Gasteiger partial charge in [0.05, 0.1) is 19.3 Å². The Morgan fingerprint density at radius 1 is 1.19 bits per heavy atom. The van der Waals surface area contributed by atoms with Gasteiger partial charge in [0.15, 0.2) is 6.23 Å². The van der Waals surface area contributed by atoms with Crippen LogP contribution >= 0.6 is 0 Å². The number of aliphatic imine (C=N–C) groups is 1. The Balaban J connectivity index is 2.95. The summed E-state index contributed by atoms with van der Waals surface area (Å²) in [5.41, 5.74) is 0.849. The minimum atomic E-state index is -0.653. The SMILES string of the molecule is COC(=O)c1ccc(C(C)(C)C)cc1OCCC(N=C=O)OC(C)(C)C. The molecular formula is C20H29NO5. The molecule has 144 valence electrons. The van der Waals surface area contributed by atoms with E-state index in [0.717, 1.165) is 5.56 Å². The van der Waals surface area contributed by atoms with E-state index in [2.05, 4.69) is 25.8 Å². The van der Waals surface area contributed by atoms with Crippen LogP contribution in [-0.2, 0) is 19.7 Å². The molecule has 0 aromatic heterocycles. The summed E-state index contributed by atoms with van der Waals surface area (Å²) in [7, 11) is 1.33. The second kappa shape index (κ2) is 8.97. The summed E-state index contributed by atoms with van der Waals surface area (Å²) in [5.74, 6) is -0.0253. The summed E-state index contributed by atoms with van der Waals surface area (Å²) in [6, 6.07) is 5.44. The quantitative estimate of drug-likeness (QED) is 0.416. The van der Waals surface area contributed by atoms with Gasteiger partial charge in [0, 0.05) is 6.42 Å². The molecule has 0 aliphatic carbocycles. The number of hydrogen-bond donors (Lipinski definition) is 0. The van der Waals surface area contributed by atoms with Gasteiger partial charge in [-0.05, 0) is 43.9 Å². The van der Waals surface area contributed by atoms with Crippen LogP contribution in [0, 0.1) is 0 Å². The number of isocyanates is 1. The molecule has 6 heteroatoms. The normalized spacial score (nSPS) is 12.9. The summed E-state index contributed by atoms with van der Waals surface area (Å²) in [6.45, 7) is 12.1. The Morgan fingerprint density at radius 3 is 2.35 bits per heavy atom. The first-order chi connectivity index (χ1) is 12.0. The Hall–Kier alpha value is -2.17. The summed E-state index contributed by atoms with van der Waals surface area (Å²) < 4.78 is 16.3. The first-order valence-corrected chi connectivity index (χ1v) is 8.58. The molecule has 0 spiro atoms. The molecule has 0 fully saturated rings. The lowest BCUT2D eigenvalue weighted by Gasteiger charge is -2.24. The Morgan fingerprint density at radius 2 is 1.85 bits per heavy atom. The molecule has 0 saturated carbocycles. The minimum absolute atomic E-state index is 0.0908. The standard InChI is InChI=1S/C20H29NO5/c1-19(2,3)14-8-9-15(18(23)24-7)16(12-14)25-11-10-17(21-13-22)26-20(4,5)6/h8-9,12,17H,10-11H2,1-7H3. The summed E-state index contributed by atoms with van der Waals surface area (Å²) in [4.78, 5) is 26.3. The van der Waals surface area contributed by atoms with Crippen molar-refractivity contribution in [3.63, 3.8) is 0 Å². The third-order valence-electron chi connectivity index (χ3n) is 3.56. The number of ether oxygens (including phenoxy) is 3. The van der Waals surface area contributed by atoms with Gasteiger partial charge in [0.1, 0.15) is 11.3 Å². The molecule has 6 nitrogen and oxygen atoms in total. The van der Waals surface area contributed by atoms with Crippen LogP contribution in [0.4, 0.5) is 0 Å². The van der Waals surface area contributed by atoms with E-state index in [1.807, 2.05) is 32.9 Å². The number of carbonyl (C=O) groups excluding carboxylic acids is 2. The number of methoxy groups -OCH3 is 1. The van der Waals surface area contributed by atoms with E-state index in [4.69, 9.17) is 14.2 Å². The molecule has 0 bridgehead atoms. The highest BCUT2D eigenvalue weighted by molar-refractivity contribution is 5.92. The lowest BCUT2D eigenvalue weighted by atomic mass is 9.86. The smallest absolute Gasteiger partial charge is 0.341 e. The fraction of sp³-hybridized carbons (Fsp3) is 0.600. The largest absolute Gasteiger partial charge is 0.492 e. The summed E-state index contributed by atoms with van der Waals surface area (Å²) in [6.07, 6.45) is 1.23. The molecule has 0 aliphatic rings. The van der Waals surface area contributed by atoms with E-state index in [1.54, 1.807) is 6.07 Å². The van der Waals surface area contributed by atoms with Crippen molar-refractivity contribution >= 4 is 12.0 Å². The molecule has 0 radical (unpaired) electrons. The average Bonchev–Trinajstić information content (AvgIpc) is 2.52. The van der Waals surface area contributed by atoms with Gasteiger partial charge in [0.2, 0.25) is 6.08 Å². The Labute approximate surface area is 155 Å². The zero-order chi connectivity index (χ0) is 20.0. The van der Waals surface area contributed by atoms with Crippen LogP contribution in [0.2, 0.25) is 0 Å². The van der Waals surface area contributed by atoms with E-state index in [9.17, 15) is 9.59 Å². The van der Waals surface area contributed by atoms with E-state index >= 15 is 0 Å². The van der Waals surface area contributed by atoms with Crippen molar-refractivity contribution in [1.82, 2.24) is 0 Å². The van der Waals surface area contributed by atoms with E-state index in [-0.39, 0.29) is 12.0 Å². The minimum Gasteiger partial charge on any atom is -0.492 e. The molecule has 1 rings (SSSR count). The first kappa shape index (κ1) is 21.9. The molecule has 1 aromatic rings. The van der Waals surface area contributed by atoms with Gasteiger partial charge in [-0.15, -0.1) is 0 Å². The maximum absolute atomic E-state index is 12.0. The van der Waals surface area contributed by atoms with E-state index in [1.165, 1.54) is 13.2 Å². The highest BCUT2D eigenvalue weighted by atomic mass is 16.5. The number of benzene rings is 1. The third-order valence-corrected chi connectivity index (χ3v) is 3.56.